The number of ether oxygens (including phenoxy) is 1. The first-order valence-corrected chi connectivity index (χ1v) is 5.51. The van der Waals surface area contributed by atoms with E-state index in [1.54, 1.807) is 16.8 Å². The maximum absolute atomic E-state index is 11.5. The molecule has 1 saturated carbocycles. The summed E-state index contributed by atoms with van der Waals surface area (Å²) in [6.45, 7) is 0.655. The molecule has 5 heteroatoms. The van der Waals surface area contributed by atoms with Gasteiger partial charge in [-0.25, -0.2) is 4.79 Å². The Morgan fingerprint density at radius 2 is 2.41 bits per heavy atom. The highest BCUT2D eigenvalue weighted by Gasteiger charge is 2.43. The Kier molecular flexibility index (Phi) is 2.80. The van der Waals surface area contributed by atoms with Crippen molar-refractivity contribution in [2.24, 2.45) is 5.41 Å². The van der Waals surface area contributed by atoms with Gasteiger partial charge in [0.25, 0.3) is 0 Å². The molecule has 0 aliphatic heterocycles. The van der Waals surface area contributed by atoms with E-state index < -0.39 is 5.97 Å². The van der Waals surface area contributed by atoms with Crippen molar-refractivity contribution in [1.82, 2.24) is 4.57 Å². The van der Waals surface area contributed by atoms with Crippen LogP contribution in [0.25, 0.3) is 0 Å². The Bertz CT molecular complexity index is 480. The zero-order valence-electron chi connectivity index (χ0n) is 9.77. The van der Waals surface area contributed by atoms with Crippen LogP contribution < -0.4 is 5.73 Å². The quantitative estimate of drug-likeness (QED) is 0.800. The van der Waals surface area contributed by atoms with Crippen molar-refractivity contribution in [1.29, 1.82) is 5.26 Å². The van der Waals surface area contributed by atoms with Gasteiger partial charge in [0.05, 0.1) is 18.9 Å². The third kappa shape index (κ3) is 2.26. The van der Waals surface area contributed by atoms with Crippen molar-refractivity contribution in [2.45, 2.75) is 25.8 Å². The van der Waals surface area contributed by atoms with Gasteiger partial charge >= 0.3 is 5.97 Å². The van der Waals surface area contributed by atoms with Crippen LogP contribution in [0.3, 0.4) is 0 Å². The molecule has 0 unspecified atom stereocenters. The molecule has 1 aliphatic carbocycles. The van der Waals surface area contributed by atoms with Crippen molar-refractivity contribution in [3.05, 3.63) is 18.0 Å². The molecule has 0 aromatic carbocycles. The van der Waals surface area contributed by atoms with Crippen molar-refractivity contribution >= 4 is 11.7 Å². The number of rotatable bonds is 4. The lowest BCUT2D eigenvalue weighted by atomic mass is 10.0. The molecule has 0 atom stereocenters. The highest BCUT2D eigenvalue weighted by atomic mass is 16.5. The van der Waals surface area contributed by atoms with Gasteiger partial charge in [-0.3, -0.25) is 0 Å². The minimum absolute atomic E-state index is 0.0307. The predicted molar refractivity (Wildman–Crippen MR) is 62.1 cm³/mol. The molecule has 2 N–H and O–H groups in total. The molecule has 0 amide bonds. The molecule has 2 rings (SSSR count). The number of nitriles is 1. The summed E-state index contributed by atoms with van der Waals surface area (Å²) in [4.78, 5) is 11.5. The van der Waals surface area contributed by atoms with E-state index in [0.717, 1.165) is 12.8 Å². The lowest BCUT2D eigenvalue weighted by molar-refractivity contribution is 0.0587. The number of nitrogen functional groups attached to an aromatic ring is 1. The first kappa shape index (κ1) is 11.5. The predicted octanol–water partition coefficient (Wildman–Crippen LogP) is 1.55. The maximum Gasteiger partial charge on any atom is 0.354 e. The van der Waals surface area contributed by atoms with E-state index >= 15 is 0 Å². The highest BCUT2D eigenvalue weighted by molar-refractivity contribution is 5.88. The van der Waals surface area contributed by atoms with Gasteiger partial charge in [0.15, 0.2) is 0 Å². The Balaban J connectivity index is 2.21. The van der Waals surface area contributed by atoms with Gasteiger partial charge in [0.2, 0.25) is 0 Å². The van der Waals surface area contributed by atoms with Crippen LogP contribution >= 0.6 is 0 Å². The van der Waals surface area contributed by atoms with E-state index in [2.05, 4.69) is 6.07 Å². The van der Waals surface area contributed by atoms with Gasteiger partial charge in [-0.05, 0) is 18.9 Å². The number of hydrogen-bond donors (Lipinski definition) is 1. The topological polar surface area (TPSA) is 81.0 Å². The van der Waals surface area contributed by atoms with Crippen LogP contribution in [-0.4, -0.2) is 17.6 Å². The summed E-state index contributed by atoms with van der Waals surface area (Å²) in [5.41, 5.74) is 6.72. The number of methoxy groups -OCH3 is 1. The number of nitrogens with zero attached hydrogens (tertiary/aromatic N) is 2. The van der Waals surface area contributed by atoms with Gasteiger partial charge in [-0.1, -0.05) is 0 Å². The molecular weight excluding hydrogens is 218 g/mol. The smallest absolute Gasteiger partial charge is 0.354 e. The Morgan fingerprint density at radius 1 is 1.71 bits per heavy atom. The van der Waals surface area contributed by atoms with Crippen LogP contribution in [-0.2, 0) is 11.3 Å². The van der Waals surface area contributed by atoms with E-state index in [1.165, 1.54) is 7.11 Å². The molecule has 0 bridgehead atoms. The van der Waals surface area contributed by atoms with E-state index in [0.29, 0.717) is 24.3 Å². The minimum Gasteiger partial charge on any atom is -0.464 e. The lowest BCUT2D eigenvalue weighted by Gasteiger charge is -2.14. The monoisotopic (exact) mass is 233 g/mol. The fourth-order valence-electron chi connectivity index (χ4n) is 2.04. The van der Waals surface area contributed by atoms with Crippen LogP contribution in [0.15, 0.2) is 12.3 Å². The number of nitrogens with two attached hydrogens (primary N) is 1. The second kappa shape index (κ2) is 4.13. The van der Waals surface area contributed by atoms with Crippen LogP contribution in [0.5, 0.6) is 0 Å². The first-order chi connectivity index (χ1) is 8.10. The fraction of sp³-hybridized carbons (Fsp3) is 0.500. The second-order valence-corrected chi connectivity index (χ2v) is 4.61. The van der Waals surface area contributed by atoms with Gasteiger partial charge < -0.3 is 15.0 Å². The molecule has 0 spiro atoms. The van der Waals surface area contributed by atoms with Crippen LogP contribution in [0.1, 0.15) is 29.8 Å². The maximum atomic E-state index is 11.5. The summed E-state index contributed by atoms with van der Waals surface area (Å²) in [6, 6.07) is 3.80. The molecular formula is C12H15N3O2. The highest BCUT2D eigenvalue weighted by Crippen LogP contribution is 2.50. The average Bonchev–Trinajstić information content (AvgIpc) is 2.94. The van der Waals surface area contributed by atoms with Crippen molar-refractivity contribution in [2.75, 3.05) is 12.8 Å². The van der Waals surface area contributed by atoms with E-state index in [4.69, 9.17) is 15.7 Å². The number of aromatic nitrogens is 1. The molecule has 0 saturated heterocycles. The lowest BCUT2D eigenvalue weighted by Crippen LogP contribution is -2.16. The molecule has 0 radical (unpaired) electrons. The molecule has 17 heavy (non-hydrogen) atoms. The molecule has 1 fully saturated rings. The molecule has 5 nitrogen and oxygen atoms in total. The number of anilines is 1. The normalized spacial score (nSPS) is 16.2. The SMILES string of the molecule is COC(=O)c1cc(N)cn1CC1(CC#N)CC1. The van der Waals surface area contributed by atoms with Crippen LogP contribution in [0, 0.1) is 16.7 Å². The third-order valence-electron chi connectivity index (χ3n) is 3.23. The van der Waals surface area contributed by atoms with Crippen molar-refractivity contribution in [3.63, 3.8) is 0 Å². The minimum atomic E-state index is -0.394. The van der Waals surface area contributed by atoms with Gasteiger partial charge in [0.1, 0.15) is 5.69 Å². The summed E-state index contributed by atoms with van der Waals surface area (Å²) >= 11 is 0. The molecule has 1 heterocycles. The summed E-state index contributed by atoms with van der Waals surface area (Å²) in [5.74, 6) is -0.394. The van der Waals surface area contributed by atoms with Crippen LogP contribution in [0.2, 0.25) is 0 Å². The second-order valence-electron chi connectivity index (χ2n) is 4.61. The van der Waals surface area contributed by atoms with Gasteiger partial charge in [-0.15, -0.1) is 0 Å². The van der Waals surface area contributed by atoms with Crippen molar-refractivity contribution in [3.8, 4) is 6.07 Å². The summed E-state index contributed by atoms with van der Waals surface area (Å²) in [7, 11) is 1.35. The largest absolute Gasteiger partial charge is 0.464 e. The third-order valence-corrected chi connectivity index (χ3v) is 3.23. The number of hydrogen-bond acceptors (Lipinski definition) is 4. The molecule has 90 valence electrons. The number of carbonyl (C=O) groups excluding carboxylic acids is 1. The summed E-state index contributed by atoms with van der Waals surface area (Å²) in [6.07, 6.45) is 4.30. The van der Waals surface area contributed by atoms with Crippen molar-refractivity contribution < 1.29 is 9.53 Å². The van der Waals surface area contributed by atoms with E-state index in [-0.39, 0.29) is 5.41 Å². The molecule has 1 aromatic rings. The Labute approximate surface area is 99.8 Å². The molecule has 1 aliphatic rings. The standard InChI is InChI=1S/C12H15N3O2/c1-17-11(16)10-6-9(14)7-15(10)8-12(2-3-12)4-5-13/h6-7H,2-4,8,14H2,1H3. The summed E-state index contributed by atoms with van der Waals surface area (Å²) in [5, 5.41) is 8.77. The summed E-state index contributed by atoms with van der Waals surface area (Å²) < 4.78 is 6.50. The van der Waals surface area contributed by atoms with E-state index in [1.807, 2.05) is 0 Å². The zero-order chi connectivity index (χ0) is 12.5. The van der Waals surface area contributed by atoms with Gasteiger partial charge in [0, 0.05) is 24.6 Å². The first-order valence-electron chi connectivity index (χ1n) is 5.51. The Hall–Kier alpha value is -1.96. The van der Waals surface area contributed by atoms with Crippen LogP contribution in [0.4, 0.5) is 5.69 Å². The zero-order valence-corrected chi connectivity index (χ0v) is 9.77. The van der Waals surface area contributed by atoms with E-state index in [9.17, 15) is 4.79 Å². The molecule has 1 aromatic heterocycles. The Morgan fingerprint density at radius 3 is 2.94 bits per heavy atom. The van der Waals surface area contributed by atoms with Gasteiger partial charge in [-0.2, -0.15) is 5.26 Å². The number of carbonyl (C=O) groups is 1. The average molecular weight is 233 g/mol. The number of esters is 1. The fourth-order valence-corrected chi connectivity index (χ4v) is 2.04.